The molecule has 0 bridgehead atoms. The van der Waals surface area contributed by atoms with Crippen molar-refractivity contribution in [3.05, 3.63) is 60.4 Å². The molecule has 0 aliphatic carbocycles. The van der Waals surface area contributed by atoms with Gasteiger partial charge in [0.05, 0.1) is 26.8 Å². The first-order valence-corrected chi connectivity index (χ1v) is 8.69. The standard InChI is InChI=1S/C22H19FN2O3/c1-26-19-11-15(12-20(27-2)22(19)28-3)21-17-10-14(6-9-18(17)24-25-21)13-4-7-16(23)8-5-13/h4-12H,1-3H3,(H,24,25). The lowest BCUT2D eigenvalue weighted by Crippen LogP contribution is -1.96. The summed E-state index contributed by atoms with van der Waals surface area (Å²) in [6.45, 7) is 0. The van der Waals surface area contributed by atoms with E-state index in [0.717, 1.165) is 33.3 Å². The highest BCUT2D eigenvalue weighted by molar-refractivity contribution is 5.96. The van der Waals surface area contributed by atoms with Gasteiger partial charge in [0.2, 0.25) is 5.75 Å². The second-order valence-corrected chi connectivity index (χ2v) is 6.25. The fourth-order valence-electron chi connectivity index (χ4n) is 3.27. The van der Waals surface area contributed by atoms with Gasteiger partial charge in [0.15, 0.2) is 11.5 Å². The largest absolute Gasteiger partial charge is 0.493 e. The molecule has 0 saturated heterocycles. The fraction of sp³-hybridized carbons (Fsp3) is 0.136. The number of nitrogens with one attached hydrogen (secondary N) is 1. The SMILES string of the molecule is COc1cc(-c2n[nH]c3ccc(-c4ccc(F)cc4)cc23)cc(OC)c1OC. The Bertz CT molecular complexity index is 1110. The second kappa shape index (κ2) is 7.23. The van der Waals surface area contributed by atoms with E-state index in [4.69, 9.17) is 14.2 Å². The van der Waals surface area contributed by atoms with E-state index in [1.54, 1.807) is 33.5 Å². The number of benzene rings is 3. The fourth-order valence-corrected chi connectivity index (χ4v) is 3.27. The van der Waals surface area contributed by atoms with Crippen molar-refractivity contribution in [2.45, 2.75) is 0 Å². The van der Waals surface area contributed by atoms with E-state index in [1.165, 1.54) is 12.1 Å². The molecule has 28 heavy (non-hydrogen) atoms. The number of H-pyrrole nitrogens is 1. The van der Waals surface area contributed by atoms with E-state index in [2.05, 4.69) is 10.2 Å². The van der Waals surface area contributed by atoms with Gasteiger partial charge in [-0.1, -0.05) is 18.2 Å². The van der Waals surface area contributed by atoms with Gasteiger partial charge in [-0.3, -0.25) is 5.10 Å². The summed E-state index contributed by atoms with van der Waals surface area (Å²) >= 11 is 0. The number of nitrogens with zero attached hydrogens (tertiary/aromatic N) is 1. The Morgan fingerprint density at radius 1 is 0.750 bits per heavy atom. The lowest BCUT2D eigenvalue weighted by Gasteiger charge is -2.13. The van der Waals surface area contributed by atoms with E-state index in [1.807, 2.05) is 30.3 Å². The summed E-state index contributed by atoms with van der Waals surface area (Å²) in [5.74, 6) is 1.39. The maximum Gasteiger partial charge on any atom is 0.203 e. The number of hydrogen-bond donors (Lipinski definition) is 1. The third-order valence-corrected chi connectivity index (χ3v) is 4.68. The van der Waals surface area contributed by atoms with Crippen LogP contribution in [0.3, 0.4) is 0 Å². The third-order valence-electron chi connectivity index (χ3n) is 4.68. The van der Waals surface area contributed by atoms with Gasteiger partial charge >= 0.3 is 0 Å². The van der Waals surface area contributed by atoms with E-state index < -0.39 is 0 Å². The van der Waals surface area contributed by atoms with E-state index in [-0.39, 0.29) is 5.82 Å². The highest BCUT2D eigenvalue weighted by Crippen LogP contribution is 2.42. The first kappa shape index (κ1) is 17.9. The topological polar surface area (TPSA) is 56.4 Å². The Labute approximate surface area is 161 Å². The van der Waals surface area contributed by atoms with E-state index >= 15 is 0 Å². The Kier molecular flexibility index (Phi) is 4.61. The Balaban J connectivity index is 1.87. The Morgan fingerprint density at radius 3 is 2.00 bits per heavy atom. The number of methoxy groups -OCH3 is 3. The van der Waals surface area contributed by atoms with Crippen LogP contribution in [-0.2, 0) is 0 Å². The number of aromatic nitrogens is 2. The van der Waals surface area contributed by atoms with Gasteiger partial charge in [-0.05, 0) is 47.5 Å². The van der Waals surface area contributed by atoms with Crippen molar-refractivity contribution < 1.29 is 18.6 Å². The molecule has 0 amide bonds. The number of halogens is 1. The molecular weight excluding hydrogens is 359 g/mol. The molecule has 4 aromatic rings. The van der Waals surface area contributed by atoms with Crippen molar-refractivity contribution in [2.24, 2.45) is 0 Å². The van der Waals surface area contributed by atoms with Crippen LogP contribution in [-0.4, -0.2) is 31.5 Å². The molecule has 3 aromatic carbocycles. The summed E-state index contributed by atoms with van der Waals surface area (Å²) in [6.07, 6.45) is 0. The summed E-state index contributed by atoms with van der Waals surface area (Å²) < 4.78 is 29.6. The zero-order chi connectivity index (χ0) is 19.7. The monoisotopic (exact) mass is 378 g/mol. The van der Waals surface area contributed by atoms with Crippen molar-refractivity contribution in [3.63, 3.8) is 0 Å². The predicted octanol–water partition coefficient (Wildman–Crippen LogP) is 5.06. The predicted molar refractivity (Wildman–Crippen MR) is 107 cm³/mol. The van der Waals surface area contributed by atoms with Crippen molar-refractivity contribution in [1.29, 1.82) is 0 Å². The minimum Gasteiger partial charge on any atom is -0.493 e. The van der Waals surface area contributed by atoms with Gasteiger partial charge < -0.3 is 14.2 Å². The number of rotatable bonds is 5. The van der Waals surface area contributed by atoms with Crippen LogP contribution in [0.1, 0.15) is 0 Å². The number of hydrogen-bond acceptors (Lipinski definition) is 4. The Hall–Kier alpha value is -3.54. The molecule has 0 spiro atoms. The average Bonchev–Trinajstić information content (AvgIpc) is 3.16. The van der Waals surface area contributed by atoms with Crippen molar-refractivity contribution >= 4 is 10.9 Å². The average molecular weight is 378 g/mol. The van der Waals surface area contributed by atoms with Gasteiger partial charge in [-0.2, -0.15) is 5.10 Å². The minimum absolute atomic E-state index is 0.258. The number of ether oxygens (including phenoxy) is 3. The molecule has 1 N–H and O–H groups in total. The summed E-state index contributed by atoms with van der Waals surface area (Å²) in [6, 6.07) is 16.1. The molecule has 6 heteroatoms. The van der Waals surface area contributed by atoms with Gasteiger partial charge in [0, 0.05) is 10.9 Å². The molecule has 5 nitrogen and oxygen atoms in total. The molecular formula is C22H19FN2O3. The first-order valence-electron chi connectivity index (χ1n) is 8.69. The molecule has 0 fully saturated rings. The first-order chi connectivity index (χ1) is 13.6. The second-order valence-electron chi connectivity index (χ2n) is 6.25. The van der Waals surface area contributed by atoms with Crippen LogP contribution in [0, 0.1) is 5.82 Å². The van der Waals surface area contributed by atoms with E-state index in [0.29, 0.717) is 17.2 Å². The lowest BCUT2D eigenvalue weighted by atomic mass is 10.0. The summed E-state index contributed by atoms with van der Waals surface area (Å²) in [5, 5.41) is 8.48. The quantitative estimate of drug-likeness (QED) is 0.527. The van der Waals surface area contributed by atoms with Gasteiger partial charge in [-0.15, -0.1) is 0 Å². The zero-order valence-electron chi connectivity index (χ0n) is 15.7. The van der Waals surface area contributed by atoms with Crippen LogP contribution in [0.4, 0.5) is 4.39 Å². The van der Waals surface area contributed by atoms with Crippen LogP contribution < -0.4 is 14.2 Å². The molecule has 0 aliphatic heterocycles. The molecule has 0 saturated carbocycles. The Morgan fingerprint density at radius 2 is 1.39 bits per heavy atom. The molecule has 0 radical (unpaired) electrons. The summed E-state index contributed by atoms with van der Waals surface area (Å²) in [4.78, 5) is 0. The van der Waals surface area contributed by atoms with Gasteiger partial charge in [0.25, 0.3) is 0 Å². The summed E-state index contributed by atoms with van der Waals surface area (Å²) in [5.41, 5.74) is 4.40. The van der Waals surface area contributed by atoms with Crippen molar-refractivity contribution in [1.82, 2.24) is 10.2 Å². The molecule has 0 unspecified atom stereocenters. The van der Waals surface area contributed by atoms with Crippen molar-refractivity contribution in [3.8, 4) is 39.6 Å². The minimum atomic E-state index is -0.258. The zero-order valence-corrected chi connectivity index (χ0v) is 15.7. The smallest absolute Gasteiger partial charge is 0.203 e. The van der Waals surface area contributed by atoms with Crippen LogP contribution in [0.25, 0.3) is 33.3 Å². The maximum absolute atomic E-state index is 13.2. The summed E-state index contributed by atoms with van der Waals surface area (Å²) in [7, 11) is 4.73. The maximum atomic E-state index is 13.2. The van der Waals surface area contributed by atoms with Crippen LogP contribution in [0.5, 0.6) is 17.2 Å². The normalized spacial score (nSPS) is 10.9. The van der Waals surface area contributed by atoms with E-state index in [9.17, 15) is 4.39 Å². The highest BCUT2D eigenvalue weighted by Gasteiger charge is 2.17. The number of fused-ring (bicyclic) bond motifs is 1. The molecule has 1 aromatic heterocycles. The van der Waals surface area contributed by atoms with Crippen molar-refractivity contribution in [2.75, 3.05) is 21.3 Å². The highest BCUT2D eigenvalue weighted by atomic mass is 19.1. The van der Waals surface area contributed by atoms with Crippen LogP contribution >= 0.6 is 0 Å². The number of aromatic amines is 1. The van der Waals surface area contributed by atoms with Crippen LogP contribution in [0.15, 0.2) is 54.6 Å². The molecule has 0 atom stereocenters. The molecule has 4 rings (SSSR count). The van der Waals surface area contributed by atoms with Crippen LogP contribution in [0.2, 0.25) is 0 Å². The van der Waals surface area contributed by atoms with Gasteiger partial charge in [-0.25, -0.2) is 4.39 Å². The third kappa shape index (κ3) is 3.03. The molecule has 1 heterocycles. The molecule has 0 aliphatic rings. The van der Waals surface area contributed by atoms with Gasteiger partial charge in [0.1, 0.15) is 11.5 Å². The lowest BCUT2D eigenvalue weighted by molar-refractivity contribution is 0.324. The molecule has 142 valence electrons.